The zero-order valence-corrected chi connectivity index (χ0v) is 15.6. The van der Waals surface area contributed by atoms with Crippen LogP contribution < -0.4 is 0 Å². The number of hydrogen-bond donors (Lipinski definition) is 1. The van der Waals surface area contributed by atoms with Crippen LogP contribution >= 0.6 is 23.2 Å². The molecule has 134 valence electrons. The van der Waals surface area contributed by atoms with Crippen LogP contribution in [0, 0.1) is 0 Å². The van der Waals surface area contributed by atoms with Gasteiger partial charge < -0.3 is 9.63 Å². The molecule has 1 N–H and O–H groups in total. The van der Waals surface area contributed by atoms with Crippen LogP contribution in [0.2, 0.25) is 10.0 Å². The average molecular weight is 390 g/mol. The van der Waals surface area contributed by atoms with Crippen molar-refractivity contribution in [2.75, 3.05) is 7.05 Å². The van der Waals surface area contributed by atoms with E-state index in [2.05, 4.69) is 10.1 Å². The fourth-order valence-electron chi connectivity index (χ4n) is 3.50. The molecule has 0 saturated carbocycles. The summed E-state index contributed by atoms with van der Waals surface area (Å²) in [6, 6.07) is 13.0. The maximum Gasteiger partial charge on any atom is 0.241 e. The second-order valence-corrected chi connectivity index (χ2v) is 7.31. The maximum absolute atomic E-state index is 10.5. The fourth-order valence-corrected chi connectivity index (χ4v) is 4.08. The topological polar surface area (TPSA) is 62.4 Å². The van der Waals surface area contributed by atoms with Crippen molar-refractivity contribution in [2.24, 2.45) is 0 Å². The summed E-state index contributed by atoms with van der Waals surface area (Å²) in [5, 5.41) is 15.7. The molecule has 0 bridgehead atoms. The van der Waals surface area contributed by atoms with Gasteiger partial charge in [0.15, 0.2) is 0 Å². The zero-order chi connectivity index (χ0) is 18.3. The van der Waals surface area contributed by atoms with Crippen molar-refractivity contribution < 1.29 is 9.63 Å². The van der Waals surface area contributed by atoms with Crippen molar-refractivity contribution in [1.29, 1.82) is 0 Å². The summed E-state index contributed by atoms with van der Waals surface area (Å²) < 4.78 is 5.38. The molecule has 26 heavy (non-hydrogen) atoms. The number of rotatable bonds is 4. The Balaban J connectivity index is 1.56. The zero-order valence-electron chi connectivity index (χ0n) is 14.1. The van der Waals surface area contributed by atoms with Crippen LogP contribution in [-0.4, -0.2) is 33.3 Å². The highest BCUT2D eigenvalue weighted by molar-refractivity contribution is 6.35. The van der Waals surface area contributed by atoms with Crippen LogP contribution in [-0.2, 0) is 13.0 Å². The van der Waals surface area contributed by atoms with Crippen molar-refractivity contribution in [3.63, 3.8) is 0 Å². The molecule has 0 aliphatic heterocycles. The minimum absolute atomic E-state index is 0.228. The number of aromatic nitrogens is 2. The molecule has 2 atom stereocenters. The summed E-state index contributed by atoms with van der Waals surface area (Å²) in [7, 11) is 1.91. The second-order valence-electron chi connectivity index (χ2n) is 6.46. The van der Waals surface area contributed by atoms with E-state index in [1.807, 2.05) is 48.3 Å². The van der Waals surface area contributed by atoms with E-state index >= 15 is 0 Å². The second kappa shape index (κ2) is 7.00. The molecule has 3 aromatic rings. The smallest absolute Gasteiger partial charge is 0.241 e. The lowest BCUT2D eigenvalue weighted by Crippen LogP contribution is -2.30. The van der Waals surface area contributed by atoms with E-state index in [0.29, 0.717) is 34.7 Å². The van der Waals surface area contributed by atoms with Crippen molar-refractivity contribution in [3.05, 3.63) is 69.5 Å². The van der Waals surface area contributed by atoms with Crippen LogP contribution in [0.4, 0.5) is 0 Å². The van der Waals surface area contributed by atoms with E-state index in [1.165, 1.54) is 0 Å². The van der Waals surface area contributed by atoms with Crippen molar-refractivity contribution >= 4 is 23.2 Å². The number of nitrogens with zero attached hydrogens (tertiary/aromatic N) is 3. The third-order valence-corrected chi connectivity index (χ3v) is 5.21. The predicted octanol–water partition coefficient (Wildman–Crippen LogP) is 4.13. The third kappa shape index (κ3) is 3.23. The monoisotopic (exact) mass is 389 g/mol. The van der Waals surface area contributed by atoms with E-state index in [0.717, 1.165) is 16.7 Å². The largest absolute Gasteiger partial charge is 0.391 e. The minimum atomic E-state index is -0.567. The molecule has 1 aliphatic carbocycles. The number of aliphatic hydroxyl groups excluding tert-OH is 1. The van der Waals surface area contributed by atoms with Crippen molar-refractivity contribution in [1.82, 2.24) is 15.0 Å². The molecule has 0 amide bonds. The Morgan fingerprint density at radius 2 is 2.00 bits per heavy atom. The minimum Gasteiger partial charge on any atom is -0.391 e. The maximum atomic E-state index is 10.5. The number of benzene rings is 2. The summed E-state index contributed by atoms with van der Waals surface area (Å²) >= 11 is 12.4. The van der Waals surface area contributed by atoms with E-state index in [9.17, 15) is 5.11 Å². The van der Waals surface area contributed by atoms with Crippen molar-refractivity contribution in [2.45, 2.75) is 25.1 Å². The molecule has 2 aromatic carbocycles. The molecule has 0 radical (unpaired) electrons. The molecule has 0 spiro atoms. The highest BCUT2D eigenvalue weighted by Gasteiger charge is 2.36. The lowest BCUT2D eigenvalue weighted by molar-refractivity contribution is 0.0667. The summed E-state index contributed by atoms with van der Waals surface area (Å²) in [4.78, 5) is 6.43. The molecule has 5 nitrogen and oxygen atoms in total. The fraction of sp³-hybridized carbons (Fsp3) is 0.263. The van der Waals surface area contributed by atoms with Gasteiger partial charge in [-0.25, -0.2) is 0 Å². The highest BCUT2D eigenvalue weighted by atomic mass is 35.5. The molecule has 0 unspecified atom stereocenters. The molecule has 1 heterocycles. The first-order valence-electron chi connectivity index (χ1n) is 8.27. The van der Waals surface area contributed by atoms with Crippen LogP contribution in [0.5, 0.6) is 0 Å². The van der Waals surface area contributed by atoms with Crippen LogP contribution in [0.15, 0.2) is 47.0 Å². The molecule has 0 fully saturated rings. The number of likely N-dealkylation sites (N-methyl/N-ethyl adjacent to an activating group) is 1. The molecular formula is C19H17Cl2N3O2. The number of aliphatic hydroxyl groups is 1. The van der Waals surface area contributed by atoms with Gasteiger partial charge in [0.2, 0.25) is 11.7 Å². The van der Waals surface area contributed by atoms with Gasteiger partial charge in [0, 0.05) is 22.0 Å². The Hall–Kier alpha value is -1.92. The Bertz CT molecular complexity index is 930. The van der Waals surface area contributed by atoms with Crippen LogP contribution in [0.3, 0.4) is 0 Å². The van der Waals surface area contributed by atoms with Gasteiger partial charge >= 0.3 is 0 Å². The number of hydrogen-bond acceptors (Lipinski definition) is 5. The Morgan fingerprint density at radius 1 is 1.23 bits per heavy atom. The first kappa shape index (κ1) is 17.5. The van der Waals surface area contributed by atoms with Gasteiger partial charge in [-0.15, -0.1) is 0 Å². The number of fused-ring (bicyclic) bond motifs is 1. The van der Waals surface area contributed by atoms with Gasteiger partial charge in [-0.2, -0.15) is 4.98 Å². The highest BCUT2D eigenvalue weighted by Crippen LogP contribution is 2.41. The summed E-state index contributed by atoms with van der Waals surface area (Å²) in [5.74, 6) is 1.03. The van der Waals surface area contributed by atoms with Gasteiger partial charge in [-0.1, -0.05) is 58.7 Å². The molecular weight excluding hydrogens is 373 g/mol. The van der Waals surface area contributed by atoms with E-state index < -0.39 is 6.10 Å². The quantitative estimate of drug-likeness (QED) is 0.726. The molecule has 7 heteroatoms. The Kier molecular flexibility index (Phi) is 4.71. The normalized spacial score (nSPS) is 19.1. The third-order valence-electron chi connectivity index (χ3n) is 4.65. The molecule has 4 rings (SSSR count). The Morgan fingerprint density at radius 3 is 2.77 bits per heavy atom. The van der Waals surface area contributed by atoms with Gasteiger partial charge in [-0.05, 0) is 30.3 Å². The van der Waals surface area contributed by atoms with Gasteiger partial charge in [0.25, 0.3) is 0 Å². The lowest BCUT2D eigenvalue weighted by Gasteiger charge is -2.26. The first-order valence-corrected chi connectivity index (χ1v) is 9.02. The van der Waals surface area contributed by atoms with Gasteiger partial charge in [0.1, 0.15) is 0 Å². The van der Waals surface area contributed by atoms with Crippen LogP contribution in [0.25, 0.3) is 11.4 Å². The average Bonchev–Trinajstić information content (AvgIpc) is 3.20. The first-order chi connectivity index (χ1) is 12.5. The molecule has 1 aromatic heterocycles. The number of halogens is 2. The van der Waals surface area contributed by atoms with Crippen molar-refractivity contribution in [3.8, 4) is 11.4 Å². The van der Waals surface area contributed by atoms with Gasteiger partial charge in [-0.3, -0.25) is 4.90 Å². The van der Waals surface area contributed by atoms with Gasteiger partial charge in [0.05, 0.1) is 18.7 Å². The summed E-state index contributed by atoms with van der Waals surface area (Å²) in [5.41, 5.74) is 2.78. The molecule has 1 aliphatic rings. The van der Waals surface area contributed by atoms with E-state index in [4.69, 9.17) is 27.7 Å². The SMILES string of the molecule is CN(Cc1nc(-c2ccccc2)no1)[C@H]1c2cc(Cl)cc(Cl)c2C[C@@H]1O. The predicted molar refractivity (Wildman–Crippen MR) is 100 cm³/mol. The van der Waals surface area contributed by atoms with Crippen LogP contribution in [0.1, 0.15) is 23.1 Å². The molecule has 0 saturated heterocycles. The van der Waals surface area contributed by atoms with E-state index in [1.54, 1.807) is 6.07 Å². The summed E-state index contributed by atoms with van der Waals surface area (Å²) in [6.45, 7) is 0.408. The van der Waals surface area contributed by atoms with E-state index in [-0.39, 0.29) is 6.04 Å². The summed E-state index contributed by atoms with van der Waals surface area (Å²) in [6.07, 6.45) is -0.0677. The standard InChI is InChI=1S/C19H17Cl2N3O2/c1-24(10-17-22-19(23-26-17)11-5-3-2-4-6-11)18-14-7-12(20)8-15(21)13(14)9-16(18)25/h2-8,16,18,25H,9-10H2,1H3/t16-,18-/m0/s1. The Labute approximate surface area is 161 Å². The lowest BCUT2D eigenvalue weighted by atomic mass is 10.1.